The largest absolute Gasteiger partial charge is 0.339 e. The number of amides is 1. The van der Waals surface area contributed by atoms with Crippen molar-refractivity contribution in [1.82, 2.24) is 9.80 Å². The fourth-order valence-electron chi connectivity index (χ4n) is 1.76. The third kappa shape index (κ3) is 2.69. The smallest absolute Gasteiger partial charge is 0.239 e. The van der Waals surface area contributed by atoms with Gasteiger partial charge in [-0.2, -0.15) is 0 Å². The third-order valence-corrected chi connectivity index (χ3v) is 2.81. The van der Waals surface area contributed by atoms with Gasteiger partial charge in [0.1, 0.15) is 0 Å². The highest BCUT2D eigenvalue weighted by Gasteiger charge is 2.31. The molecule has 0 radical (unpaired) electrons. The van der Waals surface area contributed by atoms with Gasteiger partial charge >= 0.3 is 0 Å². The van der Waals surface area contributed by atoms with Gasteiger partial charge in [0.25, 0.3) is 0 Å². The zero-order valence-electron chi connectivity index (χ0n) is 9.36. The molecule has 0 bridgehead atoms. The lowest BCUT2D eigenvalue weighted by molar-refractivity contribution is -0.130. The third-order valence-electron chi connectivity index (χ3n) is 2.81. The van der Waals surface area contributed by atoms with Crippen molar-refractivity contribution in [1.29, 1.82) is 0 Å². The maximum atomic E-state index is 11.6. The van der Waals surface area contributed by atoms with E-state index in [9.17, 15) is 4.79 Å². The van der Waals surface area contributed by atoms with Crippen molar-refractivity contribution in [3.63, 3.8) is 0 Å². The summed E-state index contributed by atoms with van der Waals surface area (Å²) in [6.07, 6.45) is 1.83. The molecule has 1 amide bonds. The van der Waals surface area contributed by atoms with Gasteiger partial charge in [-0.05, 0) is 40.4 Å². The molecule has 0 aromatic rings. The van der Waals surface area contributed by atoms with E-state index in [4.69, 9.17) is 5.73 Å². The molecule has 1 fully saturated rings. The summed E-state index contributed by atoms with van der Waals surface area (Å²) in [4.78, 5) is 15.6. The number of carbonyl (C=O) groups is 1. The number of rotatable bonds is 4. The minimum atomic E-state index is -0.253. The van der Waals surface area contributed by atoms with E-state index in [1.807, 2.05) is 19.0 Å². The first kappa shape index (κ1) is 11.5. The van der Waals surface area contributed by atoms with Crippen LogP contribution in [-0.4, -0.2) is 55.0 Å². The molecular formula is C10H21N3O. The number of nitrogens with zero attached hydrogens (tertiary/aromatic N) is 2. The lowest BCUT2D eigenvalue weighted by Gasteiger charge is -2.25. The van der Waals surface area contributed by atoms with Crippen LogP contribution in [0.5, 0.6) is 0 Å². The Morgan fingerprint density at radius 2 is 2.29 bits per heavy atom. The van der Waals surface area contributed by atoms with E-state index >= 15 is 0 Å². The lowest BCUT2D eigenvalue weighted by Crippen LogP contribution is -2.40. The van der Waals surface area contributed by atoms with Crippen LogP contribution in [0.25, 0.3) is 0 Å². The number of carbonyl (C=O) groups excluding carboxylic acids is 1. The summed E-state index contributed by atoms with van der Waals surface area (Å²) in [5.74, 6) is 0.122. The number of nitrogens with two attached hydrogens (primary N) is 1. The van der Waals surface area contributed by atoms with Crippen LogP contribution in [-0.2, 0) is 4.79 Å². The Bertz CT molecular complexity index is 206. The Kier molecular flexibility index (Phi) is 3.89. The van der Waals surface area contributed by atoms with E-state index in [1.54, 1.807) is 0 Å². The van der Waals surface area contributed by atoms with Crippen molar-refractivity contribution < 1.29 is 4.79 Å². The number of hydrogen-bond donors (Lipinski definition) is 1. The number of likely N-dealkylation sites (tertiary alicyclic amines) is 1. The van der Waals surface area contributed by atoms with Gasteiger partial charge in [-0.3, -0.25) is 4.79 Å². The summed E-state index contributed by atoms with van der Waals surface area (Å²) >= 11 is 0. The second-order valence-corrected chi connectivity index (χ2v) is 4.37. The van der Waals surface area contributed by atoms with Gasteiger partial charge in [0.05, 0.1) is 6.04 Å². The average Bonchev–Trinajstić information content (AvgIpc) is 2.44. The molecule has 4 nitrogen and oxygen atoms in total. The van der Waals surface area contributed by atoms with Crippen molar-refractivity contribution in [2.24, 2.45) is 5.73 Å². The van der Waals surface area contributed by atoms with Crippen LogP contribution in [0.15, 0.2) is 0 Å². The van der Waals surface area contributed by atoms with Crippen LogP contribution in [0.3, 0.4) is 0 Å². The first-order valence-corrected chi connectivity index (χ1v) is 5.23. The summed E-state index contributed by atoms with van der Waals surface area (Å²) < 4.78 is 0. The van der Waals surface area contributed by atoms with E-state index in [0.717, 1.165) is 25.9 Å². The monoisotopic (exact) mass is 199 g/mol. The molecule has 0 saturated carbocycles. The highest BCUT2D eigenvalue weighted by Crippen LogP contribution is 2.14. The Balaban J connectivity index is 2.37. The van der Waals surface area contributed by atoms with E-state index in [1.165, 1.54) is 0 Å². The molecule has 1 heterocycles. The molecule has 1 aliphatic rings. The summed E-state index contributed by atoms with van der Waals surface area (Å²) in [5.41, 5.74) is 5.66. The first-order chi connectivity index (χ1) is 6.52. The predicted octanol–water partition coefficient (Wildman–Crippen LogP) is -0.114. The second kappa shape index (κ2) is 4.75. The average molecular weight is 199 g/mol. The van der Waals surface area contributed by atoms with Crippen LogP contribution < -0.4 is 5.73 Å². The van der Waals surface area contributed by atoms with Gasteiger partial charge in [-0.15, -0.1) is 0 Å². The Labute approximate surface area is 86.0 Å². The van der Waals surface area contributed by atoms with Crippen LogP contribution in [0.2, 0.25) is 0 Å². The van der Waals surface area contributed by atoms with E-state index in [-0.39, 0.29) is 11.9 Å². The highest BCUT2D eigenvalue weighted by molar-refractivity contribution is 5.83. The lowest BCUT2D eigenvalue weighted by atomic mass is 10.2. The molecule has 4 heteroatoms. The van der Waals surface area contributed by atoms with Gasteiger partial charge in [0.15, 0.2) is 0 Å². The van der Waals surface area contributed by atoms with Crippen LogP contribution in [0, 0.1) is 0 Å². The van der Waals surface area contributed by atoms with Crippen molar-refractivity contribution >= 4 is 5.91 Å². The topological polar surface area (TPSA) is 49.6 Å². The molecule has 1 saturated heterocycles. The quantitative estimate of drug-likeness (QED) is 0.687. The summed E-state index contributed by atoms with van der Waals surface area (Å²) in [6.45, 7) is 3.94. The fraction of sp³-hybridized carbons (Fsp3) is 0.900. The molecule has 0 aromatic carbocycles. The number of hydrogen-bond acceptors (Lipinski definition) is 3. The SMILES string of the molecule is CC(CCN(C)C)N1CCC(N)C1=O. The zero-order valence-corrected chi connectivity index (χ0v) is 9.36. The second-order valence-electron chi connectivity index (χ2n) is 4.37. The van der Waals surface area contributed by atoms with E-state index < -0.39 is 0 Å². The standard InChI is InChI=1S/C10H21N3O/c1-8(4-6-12(2)3)13-7-5-9(11)10(13)14/h8-9H,4-7,11H2,1-3H3. The Hall–Kier alpha value is -0.610. The maximum absolute atomic E-state index is 11.6. The summed E-state index contributed by atoms with van der Waals surface area (Å²) in [6, 6.07) is 0.0651. The minimum Gasteiger partial charge on any atom is -0.339 e. The molecule has 0 spiro atoms. The molecule has 2 N–H and O–H groups in total. The summed E-state index contributed by atoms with van der Waals surface area (Å²) in [7, 11) is 4.09. The highest BCUT2D eigenvalue weighted by atomic mass is 16.2. The molecule has 0 aromatic heterocycles. The van der Waals surface area contributed by atoms with Crippen LogP contribution in [0.4, 0.5) is 0 Å². The maximum Gasteiger partial charge on any atom is 0.239 e. The molecule has 2 unspecified atom stereocenters. The van der Waals surface area contributed by atoms with E-state index in [2.05, 4.69) is 11.8 Å². The zero-order chi connectivity index (χ0) is 10.7. The molecular weight excluding hydrogens is 178 g/mol. The van der Waals surface area contributed by atoms with Crippen molar-refractivity contribution in [3.8, 4) is 0 Å². The normalized spacial score (nSPS) is 24.8. The molecule has 0 aliphatic carbocycles. The van der Waals surface area contributed by atoms with Crippen LogP contribution >= 0.6 is 0 Å². The van der Waals surface area contributed by atoms with Gasteiger partial charge in [-0.25, -0.2) is 0 Å². The molecule has 14 heavy (non-hydrogen) atoms. The van der Waals surface area contributed by atoms with Crippen molar-refractivity contribution in [3.05, 3.63) is 0 Å². The molecule has 1 aliphatic heterocycles. The van der Waals surface area contributed by atoms with Crippen molar-refractivity contribution in [2.75, 3.05) is 27.2 Å². The Morgan fingerprint density at radius 1 is 1.64 bits per heavy atom. The molecule has 82 valence electrons. The van der Waals surface area contributed by atoms with Crippen LogP contribution in [0.1, 0.15) is 19.8 Å². The first-order valence-electron chi connectivity index (χ1n) is 5.23. The van der Waals surface area contributed by atoms with Gasteiger partial charge < -0.3 is 15.5 Å². The minimum absolute atomic E-state index is 0.122. The van der Waals surface area contributed by atoms with Gasteiger partial charge in [-0.1, -0.05) is 0 Å². The van der Waals surface area contributed by atoms with Gasteiger partial charge in [0, 0.05) is 12.6 Å². The van der Waals surface area contributed by atoms with Crippen molar-refractivity contribution in [2.45, 2.75) is 31.8 Å². The molecule has 1 rings (SSSR count). The Morgan fingerprint density at radius 3 is 2.71 bits per heavy atom. The van der Waals surface area contributed by atoms with Gasteiger partial charge in [0.2, 0.25) is 5.91 Å². The fourth-order valence-corrected chi connectivity index (χ4v) is 1.76. The van der Waals surface area contributed by atoms with E-state index in [0.29, 0.717) is 6.04 Å². The predicted molar refractivity (Wildman–Crippen MR) is 56.9 cm³/mol. The summed E-state index contributed by atoms with van der Waals surface area (Å²) in [5, 5.41) is 0. The molecule has 2 atom stereocenters.